The average Bonchev–Trinajstić information content (AvgIpc) is 2.47. The van der Waals surface area contributed by atoms with Gasteiger partial charge >= 0.3 is 0 Å². The number of hydrogen-bond donors (Lipinski definition) is 0. The molecule has 0 aliphatic heterocycles. The van der Waals surface area contributed by atoms with Crippen LogP contribution >= 0.6 is 10.7 Å². The molecule has 1 heterocycles. The summed E-state index contributed by atoms with van der Waals surface area (Å²) in [7, 11) is 1.55. The Morgan fingerprint density at radius 2 is 1.67 bits per heavy atom. The highest BCUT2D eigenvalue weighted by atomic mass is 35.7. The predicted octanol–water partition coefficient (Wildman–Crippen LogP) is 3.95. The van der Waals surface area contributed by atoms with Gasteiger partial charge in [0.05, 0.1) is 4.90 Å². The molecule has 0 spiro atoms. The zero-order valence-corrected chi connectivity index (χ0v) is 12.3. The van der Waals surface area contributed by atoms with Crippen LogP contribution in [0, 0.1) is 0 Å². The lowest BCUT2D eigenvalue weighted by Crippen LogP contribution is -1.91. The van der Waals surface area contributed by atoms with Crippen molar-refractivity contribution in [2.75, 3.05) is 0 Å². The van der Waals surface area contributed by atoms with Crippen LogP contribution in [-0.4, -0.2) is 13.4 Å². The number of fused-ring (bicyclic) bond motifs is 1. The molecule has 2 aromatic carbocycles. The quantitative estimate of drug-likeness (QED) is 0.686. The molecule has 0 aliphatic carbocycles. The summed E-state index contributed by atoms with van der Waals surface area (Å²) in [6.45, 7) is 0. The second kappa shape index (κ2) is 5.35. The molecular formula is C15H10ClNO3S. The predicted molar refractivity (Wildman–Crippen MR) is 81.3 cm³/mol. The number of nitrogens with zero attached hydrogens (tertiary/aromatic N) is 1. The first-order valence-electron chi connectivity index (χ1n) is 6.10. The Morgan fingerprint density at radius 1 is 0.952 bits per heavy atom. The van der Waals surface area contributed by atoms with Crippen molar-refractivity contribution in [1.82, 2.24) is 4.98 Å². The average molecular weight is 320 g/mol. The highest BCUT2D eigenvalue weighted by Crippen LogP contribution is 2.29. The van der Waals surface area contributed by atoms with Crippen LogP contribution in [0.4, 0.5) is 0 Å². The SMILES string of the molecule is O=S(=O)(Cl)c1ccc(Oc2cccc3cccnc23)cc1. The Bertz CT molecular complexity index is 887. The van der Waals surface area contributed by atoms with Gasteiger partial charge in [-0.25, -0.2) is 8.42 Å². The van der Waals surface area contributed by atoms with Gasteiger partial charge in [0, 0.05) is 22.3 Å². The smallest absolute Gasteiger partial charge is 0.261 e. The minimum Gasteiger partial charge on any atom is -0.455 e. The van der Waals surface area contributed by atoms with Crippen molar-refractivity contribution in [3.63, 3.8) is 0 Å². The minimum atomic E-state index is -3.72. The summed E-state index contributed by atoms with van der Waals surface area (Å²) < 4.78 is 28.1. The normalized spacial score (nSPS) is 11.5. The molecule has 0 atom stereocenters. The van der Waals surface area contributed by atoms with Gasteiger partial charge in [-0.05, 0) is 36.4 Å². The van der Waals surface area contributed by atoms with Gasteiger partial charge in [-0.15, -0.1) is 0 Å². The van der Waals surface area contributed by atoms with Crippen LogP contribution in [0.3, 0.4) is 0 Å². The van der Waals surface area contributed by atoms with Crippen molar-refractivity contribution in [2.45, 2.75) is 4.90 Å². The molecule has 0 saturated heterocycles. The van der Waals surface area contributed by atoms with Crippen molar-refractivity contribution in [1.29, 1.82) is 0 Å². The summed E-state index contributed by atoms with van der Waals surface area (Å²) >= 11 is 0. The molecule has 0 fully saturated rings. The Balaban J connectivity index is 1.96. The van der Waals surface area contributed by atoms with E-state index in [9.17, 15) is 8.42 Å². The standard InChI is InChI=1S/C15H10ClNO3S/c16-21(18,19)13-8-6-12(7-9-13)20-14-5-1-3-11-4-2-10-17-15(11)14/h1-10H. The van der Waals surface area contributed by atoms with Gasteiger partial charge in [-0.3, -0.25) is 4.98 Å². The van der Waals surface area contributed by atoms with E-state index in [4.69, 9.17) is 15.4 Å². The molecule has 3 rings (SSSR count). The van der Waals surface area contributed by atoms with Crippen LogP contribution in [0.5, 0.6) is 11.5 Å². The molecule has 0 amide bonds. The molecule has 0 unspecified atom stereocenters. The van der Waals surface area contributed by atoms with Crippen LogP contribution in [0.2, 0.25) is 0 Å². The fraction of sp³-hybridized carbons (Fsp3) is 0. The molecule has 6 heteroatoms. The van der Waals surface area contributed by atoms with E-state index in [0.717, 1.165) is 10.9 Å². The van der Waals surface area contributed by atoms with E-state index in [1.807, 2.05) is 30.3 Å². The van der Waals surface area contributed by atoms with Crippen molar-refractivity contribution in [2.24, 2.45) is 0 Å². The van der Waals surface area contributed by atoms with Gasteiger partial charge in [0.25, 0.3) is 9.05 Å². The summed E-state index contributed by atoms with van der Waals surface area (Å²) in [6, 6.07) is 15.3. The van der Waals surface area contributed by atoms with E-state index in [-0.39, 0.29) is 4.90 Å². The topological polar surface area (TPSA) is 56.3 Å². The summed E-state index contributed by atoms with van der Waals surface area (Å²) in [5, 5.41) is 0.968. The first kappa shape index (κ1) is 13.9. The molecule has 0 saturated carbocycles. The van der Waals surface area contributed by atoms with Gasteiger partial charge < -0.3 is 4.74 Å². The van der Waals surface area contributed by atoms with Crippen LogP contribution in [0.15, 0.2) is 65.7 Å². The number of para-hydroxylation sites is 1. The summed E-state index contributed by atoms with van der Waals surface area (Å²) in [6.07, 6.45) is 1.69. The van der Waals surface area contributed by atoms with Gasteiger partial charge in [0.15, 0.2) is 5.75 Å². The number of hydrogen-bond acceptors (Lipinski definition) is 4. The zero-order chi connectivity index (χ0) is 14.9. The fourth-order valence-electron chi connectivity index (χ4n) is 1.96. The number of halogens is 1. The van der Waals surface area contributed by atoms with Crippen LogP contribution < -0.4 is 4.74 Å². The molecule has 1 aromatic heterocycles. The fourth-order valence-corrected chi connectivity index (χ4v) is 2.73. The van der Waals surface area contributed by atoms with E-state index >= 15 is 0 Å². The second-order valence-electron chi connectivity index (χ2n) is 4.34. The molecule has 0 bridgehead atoms. The van der Waals surface area contributed by atoms with Gasteiger partial charge in [0.1, 0.15) is 11.3 Å². The molecule has 0 radical (unpaired) electrons. The maximum Gasteiger partial charge on any atom is 0.261 e. The zero-order valence-electron chi connectivity index (χ0n) is 10.7. The van der Waals surface area contributed by atoms with Crippen LogP contribution in [0.1, 0.15) is 0 Å². The van der Waals surface area contributed by atoms with Crippen LogP contribution in [-0.2, 0) is 9.05 Å². The lowest BCUT2D eigenvalue weighted by Gasteiger charge is -2.08. The summed E-state index contributed by atoms with van der Waals surface area (Å²) in [4.78, 5) is 4.33. The molecular weight excluding hydrogens is 310 g/mol. The Hall–Kier alpha value is -2.11. The number of ether oxygens (including phenoxy) is 1. The molecule has 0 N–H and O–H groups in total. The third-order valence-corrected chi connectivity index (χ3v) is 4.30. The molecule has 0 aliphatic rings. The maximum atomic E-state index is 11.2. The van der Waals surface area contributed by atoms with Gasteiger partial charge in [0.2, 0.25) is 0 Å². The summed E-state index contributed by atoms with van der Waals surface area (Å²) in [5.41, 5.74) is 0.744. The van der Waals surface area contributed by atoms with E-state index in [2.05, 4.69) is 4.98 Å². The largest absolute Gasteiger partial charge is 0.455 e. The molecule has 3 aromatic rings. The summed E-state index contributed by atoms with van der Waals surface area (Å²) in [5.74, 6) is 1.12. The molecule has 4 nitrogen and oxygen atoms in total. The van der Waals surface area contributed by atoms with Crippen molar-refractivity contribution in [3.05, 3.63) is 60.8 Å². The molecule has 21 heavy (non-hydrogen) atoms. The lowest BCUT2D eigenvalue weighted by molar-refractivity contribution is 0.486. The van der Waals surface area contributed by atoms with E-state index in [1.165, 1.54) is 12.1 Å². The Labute approximate surface area is 126 Å². The Kier molecular flexibility index (Phi) is 3.53. The lowest BCUT2D eigenvalue weighted by atomic mass is 10.2. The van der Waals surface area contributed by atoms with Crippen molar-refractivity contribution in [3.8, 4) is 11.5 Å². The van der Waals surface area contributed by atoms with E-state index < -0.39 is 9.05 Å². The number of pyridine rings is 1. The third-order valence-electron chi connectivity index (χ3n) is 2.93. The van der Waals surface area contributed by atoms with Crippen LogP contribution in [0.25, 0.3) is 10.9 Å². The third kappa shape index (κ3) is 2.99. The number of benzene rings is 2. The minimum absolute atomic E-state index is 0.0348. The highest BCUT2D eigenvalue weighted by Gasteiger charge is 2.10. The van der Waals surface area contributed by atoms with Gasteiger partial charge in [-0.2, -0.15) is 0 Å². The van der Waals surface area contributed by atoms with Gasteiger partial charge in [-0.1, -0.05) is 18.2 Å². The Morgan fingerprint density at radius 3 is 2.38 bits per heavy atom. The van der Waals surface area contributed by atoms with E-state index in [1.54, 1.807) is 18.3 Å². The molecule has 106 valence electrons. The van der Waals surface area contributed by atoms with Crippen molar-refractivity contribution >= 4 is 30.6 Å². The maximum absolute atomic E-state index is 11.2. The monoisotopic (exact) mass is 319 g/mol. The van der Waals surface area contributed by atoms with E-state index in [0.29, 0.717) is 11.5 Å². The number of rotatable bonds is 3. The number of aromatic nitrogens is 1. The first-order chi connectivity index (χ1) is 10.0. The first-order valence-corrected chi connectivity index (χ1v) is 8.41. The second-order valence-corrected chi connectivity index (χ2v) is 6.91. The highest BCUT2D eigenvalue weighted by molar-refractivity contribution is 8.13. The van der Waals surface area contributed by atoms with Crippen molar-refractivity contribution < 1.29 is 13.2 Å².